The van der Waals surface area contributed by atoms with Crippen molar-refractivity contribution in [3.63, 3.8) is 0 Å². The Labute approximate surface area is 185 Å². The van der Waals surface area contributed by atoms with Gasteiger partial charge in [0.1, 0.15) is 0 Å². The number of carbonyl (C=O) groups is 2. The quantitative estimate of drug-likeness (QED) is 0.502. The number of aromatic nitrogens is 2. The van der Waals surface area contributed by atoms with Crippen molar-refractivity contribution in [1.82, 2.24) is 15.3 Å². The lowest BCUT2D eigenvalue weighted by atomic mass is 10.3. The summed E-state index contributed by atoms with van der Waals surface area (Å²) in [6.07, 6.45) is 5.88. The van der Waals surface area contributed by atoms with Gasteiger partial charge in [0.25, 0.3) is 0 Å². The van der Waals surface area contributed by atoms with Gasteiger partial charge in [-0.25, -0.2) is 0 Å². The Bertz CT molecular complexity index is 930. The van der Waals surface area contributed by atoms with Crippen LogP contribution in [0.15, 0.2) is 41.1 Å². The number of pyridine rings is 2. The van der Waals surface area contributed by atoms with E-state index in [1.165, 1.54) is 24.5 Å². The number of nitrogens with one attached hydrogen (secondary N) is 1. The van der Waals surface area contributed by atoms with E-state index in [-0.39, 0.29) is 23.5 Å². The van der Waals surface area contributed by atoms with Crippen molar-refractivity contribution in [3.05, 3.63) is 61.4 Å². The lowest BCUT2D eigenvalue weighted by Crippen LogP contribution is -2.23. The maximum Gasteiger partial charge on any atom is 0.363 e. The van der Waals surface area contributed by atoms with Gasteiger partial charge < -0.3 is 30.4 Å². The molecule has 2 amide bonds. The van der Waals surface area contributed by atoms with Crippen LogP contribution < -0.4 is 10.2 Å². The summed E-state index contributed by atoms with van der Waals surface area (Å²) in [5.74, 6) is -0.0887. The monoisotopic (exact) mass is 494 g/mol. The van der Waals surface area contributed by atoms with Gasteiger partial charge in [0.05, 0.1) is 10.2 Å². The van der Waals surface area contributed by atoms with Crippen LogP contribution in [0.3, 0.4) is 0 Å². The molecule has 13 heteroatoms. The molecule has 1 N–H and O–H groups in total. The van der Waals surface area contributed by atoms with Gasteiger partial charge in [-0.15, -0.1) is 0 Å². The standard InChI is InChI=1S/C9H9N3O3.C5H3BrN2O2.C4H7NO/c13-9-2-1-5-11(9)7-3-4-8(10-6-7)12(14)15;6-4-1-2-5(7-3-4)8(9)10;6-4-2-1-3-5-4/h3-4,6H,1-2,5H2;1-3H;1-3H2,(H,5,6). The van der Waals surface area contributed by atoms with E-state index in [0.29, 0.717) is 18.7 Å². The maximum absolute atomic E-state index is 11.4. The van der Waals surface area contributed by atoms with Crippen LogP contribution in [0.2, 0.25) is 0 Å². The Balaban J connectivity index is 0.000000183. The summed E-state index contributed by atoms with van der Waals surface area (Å²) >= 11 is 3.11. The molecule has 0 radical (unpaired) electrons. The van der Waals surface area contributed by atoms with Crippen LogP contribution in [0.5, 0.6) is 0 Å². The van der Waals surface area contributed by atoms with Gasteiger partial charge in [-0.05, 0) is 60.7 Å². The molecule has 2 saturated heterocycles. The molecule has 4 rings (SSSR count). The number of hydrogen-bond acceptors (Lipinski definition) is 8. The van der Waals surface area contributed by atoms with Crippen molar-refractivity contribution >= 4 is 45.1 Å². The second kappa shape index (κ2) is 11.6. The van der Waals surface area contributed by atoms with Gasteiger partial charge in [-0.3, -0.25) is 9.59 Å². The molecule has 0 spiro atoms. The molecule has 164 valence electrons. The average molecular weight is 495 g/mol. The molecule has 12 nitrogen and oxygen atoms in total. The molecule has 2 fully saturated rings. The molecule has 2 aliphatic heterocycles. The lowest BCUT2D eigenvalue weighted by molar-refractivity contribution is -0.389. The highest BCUT2D eigenvalue weighted by atomic mass is 79.9. The predicted molar refractivity (Wildman–Crippen MR) is 113 cm³/mol. The van der Waals surface area contributed by atoms with E-state index in [0.717, 1.165) is 30.3 Å². The van der Waals surface area contributed by atoms with Crippen molar-refractivity contribution in [2.45, 2.75) is 25.7 Å². The molecule has 0 bridgehead atoms. The third kappa shape index (κ3) is 7.70. The molecular formula is C18H19BrN6O6. The number of amides is 2. The fourth-order valence-electron chi connectivity index (χ4n) is 2.61. The molecule has 0 aromatic carbocycles. The highest BCUT2D eigenvalue weighted by molar-refractivity contribution is 9.10. The molecule has 31 heavy (non-hydrogen) atoms. The second-order valence-corrected chi connectivity index (χ2v) is 7.24. The van der Waals surface area contributed by atoms with Crippen LogP contribution in [0.4, 0.5) is 17.3 Å². The third-order valence-electron chi connectivity index (χ3n) is 4.11. The van der Waals surface area contributed by atoms with Crippen LogP contribution in [-0.2, 0) is 9.59 Å². The average Bonchev–Trinajstić information content (AvgIpc) is 3.40. The number of rotatable bonds is 3. The minimum absolute atomic E-state index is 0.0469. The normalized spacial score (nSPS) is 14.7. The molecule has 4 heterocycles. The van der Waals surface area contributed by atoms with Gasteiger partial charge >= 0.3 is 11.6 Å². The van der Waals surface area contributed by atoms with Crippen LogP contribution in [0.1, 0.15) is 25.7 Å². The van der Waals surface area contributed by atoms with E-state index in [1.807, 2.05) is 0 Å². The summed E-state index contributed by atoms with van der Waals surface area (Å²) in [7, 11) is 0. The van der Waals surface area contributed by atoms with Crippen molar-refractivity contribution < 1.29 is 19.4 Å². The zero-order valence-corrected chi connectivity index (χ0v) is 17.9. The van der Waals surface area contributed by atoms with E-state index in [2.05, 4.69) is 31.2 Å². The Morgan fingerprint density at radius 1 is 0.935 bits per heavy atom. The number of hydrogen-bond donors (Lipinski definition) is 1. The fourth-order valence-corrected chi connectivity index (χ4v) is 2.84. The zero-order chi connectivity index (χ0) is 22.8. The Morgan fingerprint density at radius 3 is 1.94 bits per heavy atom. The van der Waals surface area contributed by atoms with E-state index < -0.39 is 9.85 Å². The first-order chi connectivity index (χ1) is 14.8. The first kappa shape index (κ1) is 23.8. The number of halogens is 1. The van der Waals surface area contributed by atoms with Crippen LogP contribution in [0.25, 0.3) is 0 Å². The molecule has 2 aromatic rings. The minimum atomic E-state index is -0.560. The summed E-state index contributed by atoms with van der Waals surface area (Å²) in [4.78, 5) is 49.6. The first-order valence-electron chi connectivity index (χ1n) is 9.21. The van der Waals surface area contributed by atoms with Gasteiger partial charge in [-0.1, -0.05) is 0 Å². The van der Waals surface area contributed by atoms with Crippen molar-refractivity contribution in [1.29, 1.82) is 0 Å². The van der Waals surface area contributed by atoms with E-state index in [1.54, 1.807) is 17.0 Å². The molecular weight excluding hydrogens is 476 g/mol. The van der Waals surface area contributed by atoms with Gasteiger partial charge in [0.15, 0.2) is 12.4 Å². The van der Waals surface area contributed by atoms with Gasteiger partial charge in [0.2, 0.25) is 11.8 Å². The van der Waals surface area contributed by atoms with Gasteiger partial charge in [0, 0.05) is 38.1 Å². The van der Waals surface area contributed by atoms with Gasteiger partial charge in [-0.2, -0.15) is 0 Å². The molecule has 0 saturated carbocycles. The Kier molecular flexibility index (Phi) is 8.94. The summed E-state index contributed by atoms with van der Waals surface area (Å²) in [6.45, 7) is 1.55. The maximum atomic E-state index is 11.4. The van der Waals surface area contributed by atoms with E-state index in [9.17, 15) is 29.8 Å². The minimum Gasteiger partial charge on any atom is -0.358 e. The zero-order valence-electron chi connectivity index (χ0n) is 16.3. The Morgan fingerprint density at radius 2 is 1.58 bits per heavy atom. The van der Waals surface area contributed by atoms with Crippen molar-refractivity contribution in [3.8, 4) is 0 Å². The summed E-state index contributed by atoms with van der Waals surface area (Å²) in [5.41, 5.74) is 0.628. The number of nitrogens with zero attached hydrogens (tertiary/aromatic N) is 5. The largest absolute Gasteiger partial charge is 0.363 e. The van der Waals surface area contributed by atoms with E-state index in [4.69, 9.17) is 0 Å². The summed E-state index contributed by atoms with van der Waals surface area (Å²) < 4.78 is 0.734. The highest BCUT2D eigenvalue weighted by Crippen LogP contribution is 2.21. The molecule has 0 atom stereocenters. The summed E-state index contributed by atoms with van der Waals surface area (Å²) in [6, 6.07) is 5.77. The molecule has 2 aliphatic rings. The van der Waals surface area contributed by atoms with Crippen molar-refractivity contribution in [2.24, 2.45) is 0 Å². The SMILES string of the molecule is O=C1CCCN1.O=C1CCCN1c1ccc([N+](=O)[O-])nc1.O=[N+]([O-])c1ccc(Br)cn1. The number of nitro groups is 2. The predicted octanol–water partition coefficient (Wildman–Crippen LogP) is 2.77. The van der Waals surface area contributed by atoms with Crippen LogP contribution >= 0.6 is 15.9 Å². The smallest absolute Gasteiger partial charge is 0.358 e. The third-order valence-corrected chi connectivity index (χ3v) is 4.58. The topological polar surface area (TPSA) is 161 Å². The highest BCUT2D eigenvalue weighted by Gasteiger charge is 2.23. The Hall–Kier alpha value is -3.48. The molecule has 0 aliphatic carbocycles. The number of anilines is 1. The first-order valence-corrected chi connectivity index (χ1v) is 10.0. The van der Waals surface area contributed by atoms with Crippen LogP contribution in [-0.4, -0.2) is 44.7 Å². The van der Waals surface area contributed by atoms with E-state index >= 15 is 0 Å². The molecule has 0 unspecified atom stereocenters. The lowest BCUT2D eigenvalue weighted by Gasteiger charge is -2.12. The second-order valence-electron chi connectivity index (χ2n) is 6.33. The molecule has 2 aromatic heterocycles. The number of carbonyl (C=O) groups excluding carboxylic acids is 2. The van der Waals surface area contributed by atoms with Crippen molar-refractivity contribution in [2.75, 3.05) is 18.0 Å². The van der Waals surface area contributed by atoms with Crippen LogP contribution in [0, 0.1) is 20.2 Å². The summed E-state index contributed by atoms with van der Waals surface area (Å²) in [5, 5.41) is 23.1. The fraction of sp³-hybridized carbons (Fsp3) is 0.333.